The quantitative estimate of drug-likeness (QED) is 0.420. The fraction of sp³-hybridized carbons (Fsp3) is 0.600. The Morgan fingerprint density at radius 2 is 2.03 bits per heavy atom. The minimum Gasteiger partial charge on any atom is -0.481 e. The van der Waals surface area contributed by atoms with Gasteiger partial charge < -0.3 is 19.1 Å². The lowest BCUT2D eigenvalue weighted by molar-refractivity contribution is -0.157. The fourth-order valence-corrected chi connectivity index (χ4v) is 6.17. The maximum atomic E-state index is 12.7. The molecule has 1 saturated heterocycles. The van der Waals surface area contributed by atoms with Gasteiger partial charge in [0, 0.05) is 29.9 Å². The predicted molar refractivity (Wildman–Crippen MR) is 115 cm³/mol. The largest absolute Gasteiger partial charge is 0.481 e. The van der Waals surface area contributed by atoms with Crippen molar-refractivity contribution in [3.8, 4) is 11.5 Å². The molecule has 2 heterocycles. The number of piperidine rings is 1. The van der Waals surface area contributed by atoms with Gasteiger partial charge in [-0.05, 0) is 49.6 Å². The SMILES string of the molecule is CC(=O)Oc1ccc2c3c1O[C@H]1[C@@H](OC(=O)CC(C)(C)C)C=C[C@H]4[C@@H](C2)N(C)CC[C@@]341. The highest BCUT2D eigenvalue weighted by Crippen LogP contribution is 2.62. The Kier molecular flexibility index (Phi) is 4.53. The number of hydrogen-bond acceptors (Lipinski definition) is 6. The van der Waals surface area contributed by atoms with Crippen LogP contribution in [0.1, 0.15) is 51.7 Å². The highest BCUT2D eigenvalue weighted by Gasteiger charge is 2.65. The monoisotopic (exact) mass is 425 g/mol. The lowest BCUT2D eigenvalue weighted by atomic mass is 9.53. The minimum atomic E-state index is -0.460. The molecule has 1 spiro atoms. The van der Waals surface area contributed by atoms with E-state index in [0.717, 1.165) is 24.9 Å². The van der Waals surface area contributed by atoms with Crippen molar-refractivity contribution in [2.24, 2.45) is 11.3 Å². The van der Waals surface area contributed by atoms with Crippen LogP contribution in [-0.2, 0) is 26.2 Å². The van der Waals surface area contributed by atoms with Gasteiger partial charge in [0.05, 0.1) is 6.42 Å². The fourth-order valence-electron chi connectivity index (χ4n) is 6.17. The van der Waals surface area contributed by atoms with Gasteiger partial charge in [-0.1, -0.05) is 32.9 Å². The number of likely N-dealkylation sites (tertiary alicyclic amines) is 1. The first-order valence-electron chi connectivity index (χ1n) is 11.2. The van der Waals surface area contributed by atoms with Crippen molar-refractivity contribution in [2.45, 2.75) is 70.6 Å². The van der Waals surface area contributed by atoms with Gasteiger partial charge in [-0.2, -0.15) is 0 Å². The molecule has 1 aromatic carbocycles. The molecule has 0 aromatic heterocycles. The smallest absolute Gasteiger partial charge is 0.308 e. The molecule has 0 amide bonds. The zero-order valence-electron chi connectivity index (χ0n) is 18.9. The lowest BCUT2D eigenvalue weighted by Gasteiger charge is -2.56. The second-order valence-corrected chi connectivity index (χ2v) is 10.7. The molecule has 0 N–H and O–H groups in total. The predicted octanol–water partition coefficient (Wildman–Crippen LogP) is 3.40. The molecule has 31 heavy (non-hydrogen) atoms. The Morgan fingerprint density at radius 3 is 2.74 bits per heavy atom. The average molecular weight is 426 g/mol. The second-order valence-electron chi connectivity index (χ2n) is 10.7. The molecule has 5 rings (SSSR count). The number of benzene rings is 1. The highest BCUT2D eigenvalue weighted by atomic mass is 16.6. The Labute approximate surface area is 183 Å². The van der Waals surface area contributed by atoms with E-state index in [2.05, 4.69) is 24.1 Å². The van der Waals surface area contributed by atoms with Gasteiger partial charge in [-0.3, -0.25) is 9.59 Å². The molecule has 6 nitrogen and oxygen atoms in total. The molecule has 0 radical (unpaired) electrons. The van der Waals surface area contributed by atoms with Crippen LogP contribution in [0.3, 0.4) is 0 Å². The van der Waals surface area contributed by atoms with E-state index in [4.69, 9.17) is 14.2 Å². The minimum absolute atomic E-state index is 0.144. The number of carbonyl (C=O) groups is 2. The Morgan fingerprint density at radius 1 is 1.26 bits per heavy atom. The van der Waals surface area contributed by atoms with Crippen LogP contribution in [0.15, 0.2) is 24.3 Å². The van der Waals surface area contributed by atoms with Crippen molar-refractivity contribution < 1.29 is 23.8 Å². The van der Waals surface area contributed by atoms with E-state index < -0.39 is 6.10 Å². The maximum absolute atomic E-state index is 12.7. The van der Waals surface area contributed by atoms with Crippen LogP contribution in [0.25, 0.3) is 0 Å². The molecule has 0 saturated carbocycles. The average Bonchev–Trinajstić information content (AvgIpc) is 3.01. The summed E-state index contributed by atoms with van der Waals surface area (Å²) in [5.41, 5.74) is 2.00. The summed E-state index contributed by atoms with van der Waals surface area (Å²) in [7, 11) is 2.19. The number of rotatable bonds is 3. The third-order valence-corrected chi connectivity index (χ3v) is 7.31. The molecule has 4 aliphatic rings. The van der Waals surface area contributed by atoms with Gasteiger partial charge in [0.15, 0.2) is 17.6 Å². The Balaban J connectivity index is 1.59. The summed E-state index contributed by atoms with van der Waals surface area (Å²) in [4.78, 5) is 26.9. The van der Waals surface area contributed by atoms with Crippen LogP contribution in [0, 0.1) is 11.3 Å². The van der Waals surface area contributed by atoms with Gasteiger partial charge in [-0.15, -0.1) is 0 Å². The first-order valence-corrected chi connectivity index (χ1v) is 11.2. The van der Waals surface area contributed by atoms with E-state index in [1.165, 1.54) is 12.5 Å². The molecular weight excluding hydrogens is 394 g/mol. The van der Waals surface area contributed by atoms with Gasteiger partial charge in [0.25, 0.3) is 0 Å². The topological polar surface area (TPSA) is 65.1 Å². The number of ether oxygens (including phenoxy) is 3. The first-order chi connectivity index (χ1) is 14.6. The molecule has 2 bridgehead atoms. The van der Waals surface area contributed by atoms with Crippen LogP contribution < -0.4 is 9.47 Å². The zero-order valence-corrected chi connectivity index (χ0v) is 18.9. The second kappa shape index (κ2) is 6.83. The standard InChI is InChI=1S/C25H31NO5/c1-14(27)29-18-8-6-15-12-17-16-7-9-19(30-20(28)13-24(2,3)4)23-25(16,10-11-26(17)5)21(15)22(18)31-23/h6-9,16-17,19,23H,10-13H2,1-5H3/t16-,17+,19-,23-,25-/m0/s1. The molecule has 166 valence electrons. The summed E-state index contributed by atoms with van der Waals surface area (Å²) >= 11 is 0. The number of hydrogen-bond donors (Lipinski definition) is 0. The van der Waals surface area contributed by atoms with Crippen LogP contribution in [0.5, 0.6) is 11.5 Å². The van der Waals surface area contributed by atoms with E-state index in [1.807, 2.05) is 32.9 Å². The Bertz CT molecular complexity index is 977. The molecule has 1 fully saturated rings. The van der Waals surface area contributed by atoms with Crippen molar-refractivity contribution in [3.63, 3.8) is 0 Å². The van der Waals surface area contributed by atoms with Crippen molar-refractivity contribution in [1.82, 2.24) is 4.90 Å². The maximum Gasteiger partial charge on any atom is 0.308 e. The summed E-state index contributed by atoms with van der Waals surface area (Å²) in [5, 5.41) is 0. The summed E-state index contributed by atoms with van der Waals surface area (Å²) < 4.78 is 18.1. The van der Waals surface area contributed by atoms with Gasteiger partial charge in [0.2, 0.25) is 0 Å². The van der Waals surface area contributed by atoms with E-state index in [9.17, 15) is 9.59 Å². The number of esters is 2. The van der Waals surface area contributed by atoms with Crippen LogP contribution >= 0.6 is 0 Å². The summed E-state index contributed by atoms with van der Waals surface area (Å²) in [6.07, 6.45) is 5.68. The molecule has 1 aromatic rings. The van der Waals surface area contributed by atoms with E-state index in [-0.39, 0.29) is 34.8 Å². The highest BCUT2D eigenvalue weighted by molar-refractivity contribution is 5.73. The van der Waals surface area contributed by atoms with Gasteiger partial charge in [-0.25, -0.2) is 0 Å². The summed E-state index contributed by atoms with van der Waals surface area (Å²) in [6, 6.07) is 4.29. The number of likely N-dealkylation sites (N-methyl/N-ethyl adjacent to an activating group) is 1. The number of carbonyl (C=O) groups excluding carboxylic acids is 2. The lowest BCUT2D eigenvalue weighted by Crippen LogP contribution is -2.65. The van der Waals surface area contributed by atoms with Crippen molar-refractivity contribution in [1.29, 1.82) is 0 Å². The first kappa shape index (κ1) is 20.6. The molecular formula is C25H31NO5. The normalized spacial score (nSPS) is 32.8. The summed E-state index contributed by atoms with van der Waals surface area (Å²) in [5.74, 6) is 0.816. The van der Waals surface area contributed by atoms with Gasteiger partial charge >= 0.3 is 11.9 Å². The van der Waals surface area contributed by atoms with E-state index in [1.54, 1.807) is 0 Å². The van der Waals surface area contributed by atoms with Crippen LogP contribution in [-0.4, -0.2) is 48.7 Å². The third-order valence-electron chi connectivity index (χ3n) is 7.31. The summed E-state index contributed by atoms with van der Waals surface area (Å²) in [6.45, 7) is 8.44. The molecule has 2 aliphatic carbocycles. The molecule has 2 aliphatic heterocycles. The molecule has 6 heteroatoms. The van der Waals surface area contributed by atoms with Crippen molar-refractivity contribution in [3.05, 3.63) is 35.4 Å². The van der Waals surface area contributed by atoms with E-state index >= 15 is 0 Å². The van der Waals surface area contributed by atoms with Gasteiger partial charge in [0.1, 0.15) is 6.10 Å². The Hall–Kier alpha value is -2.34. The van der Waals surface area contributed by atoms with Crippen LogP contribution in [0.4, 0.5) is 0 Å². The zero-order chi connectivity index (χ0) is 22.1. The van der Waals surface area contributed by atoms with Crippen molar-refractivity contribution in [2.75, 3.05) is 13.6 Å². The molecule has 5 atom stereocenters. The van der Waals surface area contributed by atoms with Crippen LogP contribution in [0.2, 0.25) is 0 Å². The third kappa shape index (κ3) is 3.10. The molecule has 0 unspecified atom stereocenters. The van der Waals surface area contributed by atoms with E-state index in [0.29, 0.717) is 24.0 Å². The van der Waals surface area contributed by atoms with Crippen molar-refractivity contribution >= 4 is 11.9 Å². The number of nitrogens with zero attached hydrogens (tertiary/aromatic N) is 1.